The van der Waals surface area contributed by atoms with Crippen molar-refractivity contribution in [3.05, 3.63) is 23.8 Å². The highest BCUT2D eigenvalue weighted by molar-refractivity contribution is 6.00. The number of Topliss-reactive ketones (excluding diaryl/α,β-unsaturated/α-hetero) is 1. The van der Waals surface area contributed by atoms with Crippen LogP contribution < -0.4 is 10.6 Å². The highest BCUT2D eigenvalue weighted by Crippen LogP contribution is 2.20. The summed E-state index contributed by atoms with van der Waals surface area (Å²) < 4.78 is 0. The zero-order chi connectivity index (χ0) is 12.3. The normalized spacial score (nSPS) is 9.88. The summed E-state index contributed by atoms with van der Waals surface area (Å²) in [7, 11) is 1.64. The lowest BCUT2D eigenvalue weighted by atomic mass is 10.1. The van der Waals surface area contributed by atoms with E-state index in [-0.39, 0.29) is 12.3 Å². The summed E-state index contributed by atoms with van der Waals surface area (Å²) in [5, 5.41) is 8.64. The molecule has 1 aromatic rings. The van der Waals surface area contributed by atoms with Crippen LogP contribution in [0.25, 0.3) is 0 Å². The number of nitrogens with zero attached hydrogens (tertiary/aromatic N) is 1. The Balaban J connectivity index is 3.02. The number of carboxylic acids is 1. The minimum Gasteiger partial charge on any atom is -0.480 e. The van der Waals surface area contributed by atoms with E-state index in [0.29, 0.717) is 16.9 Å². The van der Waals surface area contributed by atoms with Crippen LogP contribution in [-0.2, 0) is 4.79 Å². The lowest BCUT2D eigenvalue weighted by Crippen LogP contribution is -2.25. The van der Waals surface area contributed by atoms with Gasteiger partial charge in [0.05, 0.1) is 0 Å². The molecule has 1 aromatic carbocycles. The average Bonchev–Trinajstić information content (AvgIpc) is 2.16. The average molecular weight is 222 g/mol. The Morgan fingerprint density at radius 3 is 2.56 bits per heavy atom. The maximum absolute atomic E-state index is 11.2. The summed E-state index contributed by atoms with van der Waals surface area (Å²) in [4.78, 5) is 23.3. The van der Waals surface area contributed by atoms with Crippen LogP contribution in [0, 0.1) is 0 Å². The third-order valence-corrected chi connectivity index (χ3v) is 2.23. The first-order chi connectivity index (χ1) is 7.41. The van der Waals surface area contributed by atoms with E-state index in [2.05, 4.69) is 0 Å². The molecule has 0 aliphatic carbocycles. The Bertz CT molecular complexity index is 429. The van der Waals surface area contributed by atoms with Gasteiger partial charge in [-0.25, -0.2) is 0 Å². The minimum atomic E-state index is -0.927. The third-order valence-electron chi connectivity index (χ3n) is 2.23. The molecule has 3 N–H and O–H groups in total. The van der Waals surface area contributed by atoms with Crippen LogP contribution in [0.4, 0.5) is 11.4 Å². The van der Waals surface area contributed by atoms with Crippen LogP contribution in [-0.4, -0.2) is 30.5 Å². The van der Waals surface area contributed by atoms with Crippen molar-refractivity contribution in [1.82, 2.24) is 0 Å². The van der Waals surface area contributed by atoms with E-state index < -0.39 is 5.97 Å². The van der Waals surface area contributed by atoms with Crippen LogP contribution in [0.3, 0.4) is 0 Å². The Kier molecular flexibility index (Phi) is 3.50. The van der Waals surface area contributed by atoms with Gasteiger partial charge in [0, 0.05) is 24.0 Å². The monoisotopic (exact) mass is 222 g/mol. The van der Waals surface area contributed by atoms with E-state index in [9.17, 15) is 9.59 Å². The van der Waals surface area contributed by atoms with Crippen molar-refractivity contribution in [2.45, 2.75) is 6.92 Å². The number of nitrogens with two attached hydrogens (primary N) is 1. The van der Waals surface area contributed by atoms with Gasteiger partial charge >= 0.3 is 5.97 Å². The number of ketones is 1. The summed E-state index contributed by atoms with van der Waals surface area (Å²) in [6, 6.07) is 4.88. The lowest BCUT2D eigenvalue weighted by molar-refractivity contribution is -0.135. The first-order valence-electron chi connectivity index (χ1n) is 4.75. The van der Waals surface area contributed by atoms with Gasteiger partial charge in [-0.1, -0.05) is 0 Å². The third kappa shape index (κ3) is 2.73. The van der Waals surface area contributed by atoms with Crippen LogP contribution in [0.1, 0.15) is 17.3 Å². The number of aliphatic carboxylic acids is 1. The largest absolute Gasteiger partial charge is 0.480 e. The van der Waals surface area contributed by atoms with Gasteiger partial charge in [0.25, 0.3) is 0 Å². The molecule has 16 heavy (non-hydrogen) atoms. The Hall–Kier alpha value is -2.04. The van der Waals surface area contributed by atoms with E-state index >= 15 is 0 Å². The second-order valence-electron chi connectivity index (χ2n) is 3.58. The van der Waals surface area contributed by atoms with Gasteiger partial charge in [0.1, 0.15) is 6.54 Å². The first kappa shape index (κ1) is 12.0. The fourth-order valence-corrected chi connectivity index (χ4v) is 1.38. The van der Waals surface area contributed by atoms with Gasteiger partial charge in [-0.2, -0.15) is 0 Å². The zero-order valence-electron chi connectivity index (χ0n) is 9.23. The quantitative estimate of drug-likeness (QED) is 0.586. The van der Waals surface area contributed by atoms with Gasteiger partial charge in [-0.3, -0.25) is 9.59 Å². The molecule has 5 heteroatoms. The van der Waals surface area contributed by atoms with Crippen molar-refractivity contribution in [1.29, 1.82) is 0 Å². The topological polar surface area (TPSA) is 83.6 Å². The SMILES string of the molecule is CC(=O)c1cc(N(C)CC(=O)O)ccc1N. The van der Waals surface area contributed by atoms with Crippen molar-refractivity contribution in [2.75, 3.05) is 24.2 Å². The Morgan fingerprint density at radius 2 is 2.06 bits per heavy atom. The lowest BCUT2D eigenvalue weighted by Gasteiger charge is -2.17. The van der Waals surface area contributed by atoms with Gasteiger partial charge in [-0.15, -0.1) is 0 Å². The molecule has 0 amide bonds. The number of carbonyl (C=O) groups excluding carboxylic acids is 1. The second-order valence-corrected chi connectivity index (χ2v) is 3.58. The highest BCUT2D eigenvalue weighted by atomic mass is 16.4. The van der Waals surface area contributed by atoms with Crippen molar-refractivity contribution in [3.8, 4) is 0 Å². The van der Waals surface area contributed by atoms with E-state index in [4.69, 9.17) is 10.8 Å². The molecular weight excluding hydrogens is 208 g/mol. The predicted octanol–water partition coefficient (Wildman–Crippen LogP) is 0.992. The molecule has 5 nitrogen and oxygen atoms in total. The van der Waals surface area contributed by atoms with Crippen molar-refractivity contribution >= 4 is 23.1 Å². The van der Waals surface area contributed by atoms with Gasteiger partial charge in [-0.05, 0) is 25.1 Å². The molecule has 1 rings (SSSR count). The summed E-state index contributed by atoms with van der Waals surface area (Å²) in [6.07, 6.45) is 0. The van der Waals surface area contributed by atoms with Crippen molar-refractivity contribution < 1.29 is 14.7 Å². The molecule has 0 bridgehead atoms. The fraction of sp³-hybridized carbons (Fsp3) is 0.273. The maximum atomic E-state index is 11.2. The first-order valence-corrected chi connectivity index (χ1v) is 4.75. The number of rotatable bonds is 4. The van der Waals surface area contributed by atoms with Gasteiger partial charge in [0.15, 0.2) is 5.78 Å². The van der Waals surface area contributed by atoms with E-state index in [0.717, 1.165) is 0 Å². The molecule has 0 spiro atoms. The number of carboxylic acid groups (broad SMARTS) is 1. The molecule has 0 unspecified atom stereocenters. The molecule has 0 heterocycles. The Morgan fingerprint density at radius 1 is 1.44 bits per heavy atom. The molecule has 0 saturated carbocycles. The highest BCUT2D eigenvalue weighted by Gasteiger charge is 2.10. The summed E-state index contributed by atoms with van der Waals surface area (Å²) in [5.41, 5.74) is 7.11. The van der Waals surface area contributed by atoms with Crippen LogP contribution in [0.15, 0.2) is 18.2 Å². The smallest absolute Gasteiger partial charge is 0.323 e. The number of hydrogen-bond donors (Lipinski definition) is 2. The number of hydrogen-bond acceptors (Lipinski definition) is 4. The molecule has 0 atom stereocenters. The zero-order valence-corrected chi connectivity index (χ0v) is 9.23. The van der Waals surface area contributed by atoms with E-state index in [1.54, 1.807) is 25.2 Å². The van der Waals surface area contributed by atoms with Crippen molar-refractivity contribution in [2.24, 2.45) is 0 Å². The van der Waals surface area contributed by atoms with Crippen LogP contribution in [0.2, 0.25) is 0 Å². The minimum absolute atomic E-state index is 0.124. The molecule has 0 fully saturated rings. The van der Waals surface area contributed by atoms with Crippen molar-refractivity contribution in [3.63, 3.8) is 0 Å². The summed E-state index contributed by atoms with van der Waals surface area (Å²) in [5.74, 6) is -1.06. The van der Waals surface area contributed by atoms with Gasteiger partial charge < -0.3 is 15.7 Å². The molecule has 0 radical (unpaired) electrons. The summed E-state index contributed by atoms with van der Waals surface area (Å²) in [6.45, 7) is 1.30. The predicted molar refractivity (Wildman–Crippen MR) is 61.8 cm³/mol. The van der Waals surface area contributed by atoms with E-state index in [1.807, 2.05) is 0 Å². The number of nitrogen functional groups attached to an aromatic ring is 1. The van der Waals surface area contributed by atoms with Gasteiger partial charge in [0.2, 0.25) is 0 Å². The van der Waals surface area contributed by atoms with E-state index in [1.165, 1.54) is 11.8 Å². The molecule has 0 aliphatic rings. The number of likely N-dealkylation sites (N-methyl/N-ethyl adjacent to an activating group) is 1. The molecule has 86 valence electrons. The second kappa shape index (κ2) is 4.65. The maximum Gasteiger partial charge on any atom is 0.323 e. The summed E-state index contributed by atoms with van der Waals surface area (Å²) >= 11 is 0. The van der Waals surface area contributed by atoms with Crippen LogP contribution >= 0.6 is 0 Å². The number of carbonyl (C=O) groups is 2. The number of anilines is 2. The van der Waals surface area contributed by atoms with Crippen LogP contribution in [0.5, 0.6) is 0 Å². The molecule has 0 aliphatic heterocycles. The standard InChI is InChI=1S/C11H14N2O3/c1-7(14)9-5-8(3-4-10(9)12)13(2)6-11(15)16/h3-5H,6,12H2,1-2H3,(H,15,16). The number of benzene rings is 1. The molecular formula is C11H14N2O3. The molecule has 0 saturated heterocycles. The molecule has 0 aromatic heterocycles. The fourth-order valence-electron chi connectivity index (χ4n) is 1.38. The Labute approximate surface area is 93.5 Å².